The first-order valence-corrected chi connectivity index (χ1v) is 8.91. The SMILES string of the molecule is CCCNC(c1c(Br)cnn1CCC)C(C)(CC)OCC. The molecule has 4 nitrogen and oxygen atoms in total. The normalized spacial score (nSPS) is 15.9. The van der Waals surface area contributed by atoms with Crippen molar-refractivity contribution in [2.45, 2.75) is 72.1 Å². The monoisotopic (exact) mass is 359 g/mol. The van der Waals surface area contributed by atoms with E-state index in [4.69, 9.17) is 4.74 Å². The molecular formula is C16H30BrN3O. The molecule has 2 atom stereocenters. The second-order valence-electron chi connectivity index (χ2n) is 5.59. The highest BCUT2D eigenvalue weighted by Gasteiger charge is 2.37. The van der Waals surface area contributed by atoms with Crippen molar-refractivity contribution in [1.82, 2.24) is 15.1 Å². The number of nitrogens with zero attached hydrogens (tertiary/aromatic N) is 2. The van der Waals surface area contributed by atoms with E-state index in [9.17, 15) is 0 Å². The van der Waals surface area contributed by atoms with Gasteiger partial charge in [0.05, 0.1) is 28.0 Å². The summed E-state index contributed by atoms with van der Waals surface area (Å²) in [5, 5.41) is 8.19. The summed E-state index contributed by atoms with van der Waals surface area (Å²) in [7, 11) is 0. The molecule has 0 aliphatic carbocycles. The van der Waals surface area contributed by atoms with E-state index in [1.807, 2.05) is 6.20 Å². The summed E-state index contributed by atoms with van der Waals surface area (Å²) >= 11 is 3.67. The van der Waals surface area contributed by atoms with E-state index in [0.717, 1.165) is 36.8 Å². The molecule has 21 heavy (non-hydrogen) atoms. The number of rotatable bonds is 10. The van der Waals surface area contributed by atoms with Gasteiger partial charge in [-0.1, -0.05) is 20.8 Å². The summed E-state index contributed by atoms with van der Waals surface area (Å²) in [5.41, 5.74) is 0.959. The topological polar surface area (TPSA) is 39.1 Å². The van der Waals surface area contributed by atoms with Crippen molar-refractivity contribution in [1.29, 1.82) is 0 Å². The van der Waals surface area contributed by atoms with Gasteiger partial charge in [-0.25, -0.2) is 0 Å². The van der Waals surface area contributed by atoms with E-state index < -0.39 is 0 Å². The lowest BCUT2D eigenvalue weighted by Gasteiger charge is -2.38. The van der Waals surface area contributed by atoms with Crippen LogP contribution in [0, 0.1) is 0 Å². The molecule has 0 saturated heterocycles. The van der Waals surface area contributed by atoms with E-state index in [1.165, 1.54) is 5.69 Å². The van der Waals surface area contributed by atoms with Crippen LogP contribution in [0.15, 0.2) is 10.7 Å². The zero-order valence-electron chi connectivity index (χ0n) is 14.1. The molecule has 122 valence electrons. The van der Waals surface area contributed by atoms with Crippen LogP contribution in [0.25, 0.3) is 0 Å². The maximum atomic E-state index is 6.13. The fourth-order valence-corrected chi connectivity index (χ4v) is 3.18. The van der Waals surface area contributed by atoms with Gasteiger partial charge in [-0.15, -0.1) is 0 Å². The van der Waals surface area contributed by atoms with Crippen molar-refractivity contribution in [2.75, 3.05) is 13.2 Å². The van der Waals surface area contributed by atoms with Gasteiger partial charge in [0.1, 0.15) is 0 Å². The summed E-state index contributed by atoms with van der Waals surface area (Å²) in [6.07, 6.45) is 5.01. The number of hydrogen-bond donors (Lipinski definition) is 1. The molecule has 1 heterocycles. The molecule has 1 aromatic rings. The maximum Gasteiger partial charge on any atom is 0.0861 e. The minimum atomic E-state index is -0.238. The molecule has 0 radical (unpaired) electrons. The minimum Gasteiger partial charge on any atom is -0.374 e. The van der Waals surface area contributed by atoms with Crippen LogP contribution in [0.5, 0.6) is 0 Å². The highest BCUT2D eigenvalue weighted by molar-refractivity contribution is 9.10. The third kappa shape index (κ3) is 4.54. The molecule has 1 rings (SSSR count). The Morgan fingerprint density at radius 3 is 2.57 bits per heavy atom. The average Bonchev–Trinajstić information content (AvgIpc) is 2.82. The molecule has 1 N–H and O–H groups in total. The van der Waals surface area contributed by atoms with Crippen LogP contribution in [-0.2, 0) is 11.3 Å². The molecule has 1 aromatic heterocycles. The van der Waals surface area contributed by atoms with Crippen LogP contribution < -0.4 is 5.32 Å². The Morgan fingerprint density at radius 1 is 1.33 bits per heavy atom. The first-order chi connectivity index (χ1) is 10.0. The maximum absolute atomic E-state index is 6.13. The van der Waals surface area contributed by atoms with Gasteiger partial charge in [-0.2, -0.15) is 5.10 Å². The van der Waals surface area contributed by atoms with Gasteiger partial charge in [0.25, 0.3) is 0 Å². The van der Waals surface area contributed by atoms with Crippen LogP contribution in [0.3, 0.4) is 0 Å². The van der Waals surface area contributed by atoms with E-state index in [1.54, 1.807) is 0 Å². The van der Waals surface area contributed by atoms with Gasteiger partial charge in [0, 0.05) is 13.2 Å². The zero-order valence-corrected chi connectivity index (χ0v) is 15.7. The standard InChI is InChI=1S/C16H30BrN3O/c1-6-10-18-15(16(5,8-3)21-9-4)14-13(17)12-19-20(14)11-7-2/h12,15,18H,6-11H2,1-5H3. The number of aromatic nitrogens is 2. The smallest absolute Gasteiger partial charge is 0.0861 e. The molecule has 0 aliphatic heterocycles. The van der Waals surface area contributed by atoms with E-state index in [-0.39, 0.29) is 11.6 Å². The van der Waals surface area contributed by atoms with Crippen LogP contribution in [-0.4, -0.2) is 28.5 Å². The van der Waals surface area contributed by atoms with Gasteiger partial charge >= 0.3 is 0 Å². The Labute approximate surface area is 137 Å². The highest BCUT2D eigenvalue weighted by atomic mass is 79.9. The van der Waals surface area contributed by atoms with Crippen molar-refractivity contribution in [3.63, 3.8) is 0 Å². The van der Waals surface area contributed by atoms with E-state index >= 15 is 0 Å². The van der Waals surface area contributed by atoms with Crippen molar-refractivity contribution >= 4 is 15.9 Å². The van der Waals surface area contributed by atoms with E-state index in [2.05, 4.69) is 65.6 Å². The number of nitrogens with one attached hydrogen (secondary N) is 1. The van der Waals surface area contributed by atoms with Crippen LogP contribution >= 0.6 is 15.9 Å². The Hall–Kier alpha value is -0.390. The Kier molecular flexibility index (Phi) is 7.92. The molecule has 0 bridgehead atoms. The van der Waals surface area contributed by atoms with Crippen molar-refractivity contribution in [2.24, 2.45) is 0 Å². The van der Waals surface area contributed by atoms with Gasteiger partial charge in [0.2, 0.25) is 0 Å². The number of aryl methyl sites for hydroxylation is 1. The fraction of sp³-hybridized carbons (Fsp3) is 0.812. The summed E-state index contributed by atoms with van der Waals surface area (Å²) in [6.45, 7) is 13.4. The first-order valence-electron chi connectivity index (χ1n) is 8.12. The van der Waals surface area contributed by atoms with Gasteiger partial charge in [-0.05, 0) is 55.6 Å². The summed E-state index contributed by atoms with van der Waals surface area (Å²) in [6, 6.07) is 0.130. The Morgan fingerprint density at radius 2 is 2.05 bits per heavy atom. The molecule has 0 spiro atoms. The molecule has 5 heteroatoms. The fourth-order valence-electron chi connectivity index (χ4n) is 2.66. The predicted molar refractivity (Wildman–Crippen MR) is 91.6 cm³/mol. The predicted octanol–water partition coefficient (Wildman–Crippen LogP) is 4.30. The van der Waals surface area contributed by atoms with Crippen molar-refractivity contribution in [3.05, 3.63) is 16.4 Å². The molecule has 0 amide bonds. The molecule has 0 fully saturated rings. The Bertz CT molecular complexity index is 422. The van der Waals surface area contributed by atoms with Crippen LogP contribution in [0.1, 0.15) is 65.6 Å². The van der Waals surface area contributed by atoms with Crippen molar-refractivity contribution < 1.29 is 4.74 Å². The zero-order chi connectivity index (χ0) is 15.9. The Balaban J connectivity index is 3.20. The lowest BCUT2D eigenvalue weighted by atomic mass is 9.90. The number of hydrogen-bond acceptors (Lipinski definition) is 3. The molecule has 0 aromatic carbocycles. The minimum absolute atomic E-state index is 0.130. The first kappa shape index (κ1) is 18.7. The third-order valence-corrected chi connectivity index (χ3v) is 4.54. The molecule has 0 saturated carbocycles. The number of ether oxygens (including phenoxy) is 1. The summed E-state index contributed by atoms with van der Waals surface area (Å²) in [5.74, 6) is 0. The average molecular weight is 360 g/mol. The quantitative estimate of drug-likeness (QED) is 0.676. The van der Waals surface area contributed by atoms with Gasteiger partial charge in [0.15, 0.2) is 0 Å². The van der Waals surface area contributed by atoms with E-state index in [0.29, 0.717) is 6.61 Å². The summed E-state index contributed by atoms with van der Waals surface area (Å²) in [4.78, 5) is 0. The van der Waals surface area contributed by atoms with Crippen molar-refractivity contribution in [3.8, 4) is 0 Å². The summed E-state index contributed by atoms with van der Waals surface area (Å²) < 4.78 is 9.29. The lowest BCUT2D eigenvalue weighted by molar-refractivity contribution is -0.0583. The molecule has 0 aliphatic rings. The molecule has 2 unspecified atom stereocenters. The largest absolute Gasteiger partial charge is 0.374 e. The molecular weight excluding hydrogens is 330 g/mol. The second kappa shape index (κ2) is 8.91. The van der Waals surface area contributed by atoms with Gasteiger partial charge in [-0.3, -0.25) is 4.68 Å². The lowest BCUT2D eigenvalue weighted by Crippen LogP contribution is -2.45. The third-order valence-electron chi connectivity index (χ3n) is 3.93. The highest BCUT2D eigenvalue weighted by Crippen LogP contribution is 2.36. The second-order valence-corrected chi connectivity index (χ2v) is 6.44. The number of halogens is 1. The van der Waals surface area contributed by atoms with Crippen LogP contribution in [0.4, 0.5) is 0 Å². The van der Waals surface area contributed by atoms with Crippen LogP contribution in [0.2, 0.25) is 0 Å². The van der Waals surface area contributed by atoms with Gasteiger partial charge < -0.3 is 10.1 Å².